The van der Waals surface area contributed by atoms with Crippen LogP contribution in [0.5, 0.6) is 0 Å². The lowest BCUT2D eigenvalue weighted by atomic mass is 9.81. The molecule has 11 atom stereocenters. The fourth-order valence-corrected chi connectivity index (χ4v) is 7.47. The third-order valence-corrected chi connectivity index (χ3v) is 14.7. The van der Waals surface area contributed by atoms with Crippen molar-refractivity contribution in [3.05, 3.63) is 72.9 Å². The van der Waals surface area contributed by atoms with Gasteiger partial charge < -0.3 is 24.1 Å². The normalized spacial score (nSPS) is 37.0. The summed E-state index contributed by atoms with van der Waals surface area (Å²) < 4.78 is 18.8. The predicted molar refractivity (Wildman–Crippen MR) is 199 cm³/mol. The first kappa shape index (κ1) is 43.0. The lowest BCUT2D eigenvalue weighted by molar-refractivity contribution is -0.151. The number of hydrogen-bond acceptors (Lipinski definition) is 6. The van der Waals surface area contributed by atoms with Gasteiger partial charge in [0.05, 0.1) is 24.4 Å². The van der Waals surface area contributed by atoms with Gasteiger partial charge in [0.1, 0.15) is 6.10 Å². The number of hydrogen-bond donors (Lipinski definition) is 2. The lowest BCUT2D eigenvalue weighted by Crippen LogP contribution is -2.47. The molecule has 1 heterocycles. The summed E-state index contributed by atoms with van der Waals surface area (Å²) in [7, 11) is -0.438. The molecule has 0 aliphatic carbocycles. The van der Waals surface area contributed by atoms with Crippen molar-refractivity contribution < 1.29 is 28.9 Å². The second-order valence-corrected chi connectivity index (χ2v) is 20.3. The van der Waals surface area contributed by atoms with Gasteiger partial charge in [-0.1, -0.05) is 129 Å². The van der Waals surface area contributed by atoms with Crippen LogP contribution < -0.4 is 0 Å². The smallest absolute Gasteiger partial charge is 0.331 e. The maximum Gasteiger partial charge on any atom is 0.331 e. The van der Waals surface area contributed by atoms with Crippen LogP contribution in [0.2, 0.25) is 18.1 Å². The van der Waals surface area contributed by atoms with Gasteiger partial charge in [0, 0.05) is 37.4 Å². The van der Waals surface area contributed by atoms with E-state index in [9.17, 15) is 15.0 Å². The Labute approximate surface area is 288 Å². The fraction of sp³-hybridized carbons (Fsp3) is 0.675. The Balaban J connectivity index is 3.62. The van der Waals surface area contributed by atoms with Crippen molar-refractivity contribution in [3.63, 3.8) is 0 Å². The van der Waals surface area contributed by atoms with Gasteiger partial charge in [-0.25, -0.2) is 4.79 Å². The Hall–Kier alpha value is -2.03. The standard InChI is InChI=1S/C40H68O6Si/c1-15-16-19-29(4)39-33(8)37(43)31(6)24-27(2)25-32(7)38(46-47(13,14)40(9,10)11)30(5)22-23-34(44-12)26-35(41)28(3)20-17-18-21-36(42)45-39/h15-23,25,28-35,37-39,41,43H,1,24,26H2,2-14H3/b19-16-,20-17+,21-18-,23-22-,27-25-/t28-,29+,30+,31+,32+,33+,34-,35+,37-,38+,39+/m1/s1. The first-order valence-corrected chi connectivity index (χ1v) is 20.4. The predicted octanol–water partition coefficient (Wildman–Crippen LogP) is 8.99. The molecule has 0 unspecified atom stereocenters. The summed E-state index contributed by atoms with van der Waals surface area (Å²) in [5.74, 6) is -0.924. The monoisotopic (exact) mass is 672 g/mol. The van der Waals surface area contributed by atoms with Gasteiger partial charge in [0.15, 0.2) is 8.32 Å². The number of cyclic esters (lactones) is 1. The van der Waals surface area contributed by atoms with E-state index in [1.165, 1.54) is 11.6 Å². The zero-order valence-electron chi connectivity index (χ0n) is 31.8. The Kier molecular flexibility index (Phi) is 18.1. The third kappa shape index (κ3) is 14.2. The van der Waals surface area contributed by atoms with Gasteiger partial charge >= 0.3 is 5.97 Å². The number of esters is 1. The molecule has 7 heteroatoms. The van der Waals surface area contributed by atoms with E-state index in [0.29, 0.717) is 12.8 Å². The lowest BCUT2D eigenvalue weighted by Gasteiger charge is -2.42. The minimum Gasteiger partial charge on any atom is -0.458 e. The molecule has 0 radical (unpaired) electrons. The fourth-order valence-electron chi connectivity index (χ4n) is 6.01. The summed E-state index contributed by atoms with van der Waals surface area (Å²) in [6.45, 7) is 29.6. The van der Waals surface area contributed by atoms with Crippen molar-refractivity contribution in [2.75, 3.05) is 7.11 Å². The van der Waals surface area contributed by atoms with Crippen molar-refractivity contribution in [1.82, 2.24) is 0 Å². The minimum atomic E-state index is -2.11. The van der Waals surface area contributed by atoms with Crippen LogP contribution in [0.1, 0.15) is 82.1 Å². The summed E-state index contributed by atoms with van der Waals surface area (Å²) in [5, 5.41) is 22.6. The highest BCUT2D eigenvalue weighted by Gasteiger charge is 2.41. The Morgan fingerprint density at radius 2 is 1.66 bits per heavy atom. The van der Waals surface area contributed by atoms with Gasteiger partial charge in [-0.2, -0.15) is 0 Å². The highest BCUT2D eigenvalue weighted by atomic mass is 28.4. The highest BCUT2D eigenvalue weighted by Crippen LogP contribution is 2.40. The average molecular weight is 673 g/mol. The van der Waals surface area contributed by atoms with E-state index < -0.39 is 32.6 Å². The molecule has 0 aromatic carbocycles. The molecule has 2 N–H and O–H groups in total. The molecule has 0 aromatic rings. The quantitative estimate of drug-likeness (QED) is 0.127. The van der Waals surface area contributed by atoms with E-state index in [-0.39, 0.29) is 52.8 Å². The van der Waals surface area contributed by atoms with Crippen LogP contribution in [0.4, 0.5) is 0 Å². The van der Waals surface area contributed by atoms with Gasteiger partial charge in [0.2, 0.25) is 0 Å². The average Bonchev–Trinajstić information content (AvgIpc) is 2.99. The first-order valence-electron chi connectivity index (χ1n) is 17.5. The van der Waals surface area contributed by atoms with Crippen molar-refractivity contribution in [2.24, 2.45) is 35.5 Å². The van der Waals surface area contributed by atoms with Gasteiger partial charge in [-0.05, 0) is 49.2 Å². The van der Waals surface area contributed by atoms with Crippen LogP contribution >= 0.6 is 0 Å². The number of carbonyl (C=O) groups is 1. The highest BCUT2D eigenvalue weighted by molar-refractivity contribution is 6.74. The van der Waals surface area contributed by atoms with Gasteiger partial charge in [-0.15, -0.1) is 0 Å². The van der Waals surface area contributed by atoms with Crippen LogP contribution in [0.25, 0.3) is 0 Å². The number of rotatable bonds is 6. The molecule has 0 aromatic heterocycles. The molecule has 47 heavy (non-hydrogen) atoms. The Morgan fingerprint density at radius 1 is 1.02 bits per heavy atom. The van der Waals surface area contributed by atoms with Crippen molar-refractivity contribution in [3.8, 4) is 0 Å². The van der Waals surface area contributed by atoms with Crippen LogP contribution in [0, 0.1) is 35.5 Å². The second kappa shape index (κ2) is 19.8. The van der Waals surface area contributed by atoms with Gasteiger partial charge in [-0.3, -0.25) is 0 Å². The number of methoxy groups -OCH3 is 1. The molecule has 1 aliphatic heterocycles. The van der Waals surface area contributed by atoms with Crippen LogP contribution in [-0.2, 0) is 18.7 Å². The summed E-state index contributed by atoms with van der Waals surface area (Å²) >= 11 is 0. The maximum atomic E-state index is 12.9. The topological polar surface area (TPSA) is 85.2 Å². The number of aliphatic hydroxyl groups excluding tert-OH is 2. The van der Waals surface area contributed by atoms with Gasteiger partial charge in [0.25, 0.3) is 0 Å². The zero-order valence-corrected chi connectivity index (χ0v) is 32.8. The molecule has 0 spiro atoms. The minimum absolute atomic E-state index is 0.0561. The van der Waals surface area contributed by atoms with E-state index in [0.717, 1.165) is 0 Å². The number of carbonyl (C=O) groups excluding carboxylic acids is 1. The number of aliphatic hydroxyl groups is 2. The molecule has 268 valence electrons. The molecule has 0 saturated carbocycles. The molecule has 6 nitrogen and oxygen atoms in total. The zero-order chi connectivity index (χ0) is 36.1. The molecule has 1 rings (SSSR count). The maximum absolute atomic E-state index is 12.9. The SMILES string of the molecule is C=C/C=C\[C@H](C)[C@@H]1OC(=O)/C=C\C=C\[C@@H](C)[C@@H](O)C[C@H](OC)/C=C\[C@H](C)[C@H](O[Si](C)(C)C(C)(C)C)[C@@H](C)/C=C(/C)C[C@H](C)[C@@H](O)[C@@H]1C. The van der Waals surface area contributed by atoms with Crippen molar-refractivity contribution >= 4 is 14.3 Å². The third-order valence-electron chi connectivity index (χ3n) is 10.2. The molecular formula is C40H68O6Si. The van der Waals surface area contributed by atoms with E-state index in [1.54, 1.807) is 25.3 Å². The molecule has 0 fully saturated rings. The Morgan fingerprint density at radius 3 is 2.23 bits per heavy atom. The van der Waals surface area contributed by atoms with Crippen LogP contribution in [0.3, 0.4) is 0 Å². The summed E-state index contributed by atoms with van der Waals surface area (Å²) in [6.07, 6.45) is 17.6. The summed E-state index contributed by atoms with van der Waals surface area (Å²) in [5.41, 5.74) is 1.19. The van der Waals surface area contributed by atoms with Crippen molar-refractivity contribution in [1.29, 1.82) is 0 Å². The van der Waals surface area contributed by atoms with E-state index in [2.05, 4.69) is 86.4 Å². The van der Waals surface area contributed by atoms with Crippen LogP contribution in [0.15, 0.2) is 72.9 Å². The van der Waals surface area contributed by atoms with E-state index in [1.807, 2.05) is 39.0 Å². The molecular weight excluding hydrogens is 605 g/mol. The number of allylic oxidation sites excluding steroid dienone is 5. The Bertz CT molecular complexity index is 1110. The van der Waals surface area contributed by atoms with E-state index in [4.69, 9.17) is 13.9 Å². The van der Waals surface area contributed by atoms with Crippen molar-refractivity contribution in [2.45, 2.75) is 131 Å². The van der Waals surface area contributed by atoms with Crippen LogP contribution in [-0.4, -0.2) is 62.1 Å². The number of ether oxygens (including phenoxy) is 2. The summed E-state index contributed by atoms with van der Waals surface area (Å²) in [4.78, 5) is 12.9. The molecule has 0 bridgehead atoms. The molecule has 0 saturated heterocycles. The second-order valence-electron chi connectivity index (χ2n) is 15.6. The summed E-state index contributed by atoms with van der Waals surface area (Å²) in [6, 6.07) is 0. The van der Waals surface area contributed by atoms with E-state index >= 15 is 0 Å². The first-order chi connectivity index (χ1) is 21.7. The molecule has 0 amide bonds. The molecule has 1 aliphatic rings. The largest absolute Gasteiger partial charge is 0.458 e.